The minimum absolute atomic E-state index is 0.0165. The normalized spacial score (nSPS) is 20.5. The molecule has 4 aliphatic carbocycles. The van der Waals surface area contributed by atoms with E-state index in [-0.39, 0.29) is 71.9 Å². The zero-order chi connectivity index (χ0) is 76.2. The Morgan fingerprint density at radius 3 is 1.57 bits per heavy atom. The van der Waals surface area contributed by atoms with Crippen LogP contribution in [-0.4, -0.2) is 64.9 Å². The molecule has 0 saturated heterocycles. The van der Waals surface area contributed by atoms with Gasteiger partial charge in [0.05, 0.1) is 66.5 Å². The van der Waals surface area contributed by atoms with Crippen LogP contribution in [0.4, 0.5) is 0 Å². The molecule has 12 heteroatoms. The predicted molar refractivity (Wildman–Crippen MR) is 445 cm³/mol. The number of aromatic nitrogens is 3. The second kappa shape index (κ2) is 34.9. The summed E-state index contributed by atoms with van der Waals surface area (Å²) in [5, 5.41) is 4.90. The van der Waals surface area contributed by atoms with Crippen LogP contribution in [0.1, 0.15) is 132 Å². The van der Waals surface area contributed by atoms with E-state index < -0.39 is 11.4 Å². The van der Waals surface area contributed by atoms with Crippen molar-refractivity contribution in [2.45, 2.75) is 122 Å². The SMILES string of the molecule is C=CC1CC(/C=C\C2CC(/C=C\C3CC(C=C)C(C(=O)OCCCC4(C)c5cc(-n6c7ccccc7c7ccccc76)ccc5-c5ccc(-n6c7ccccc7c7ccccc76)cc54)C3)CC2C(=O)OCCCCCCCCCC(=O)OCc2ccc(-c3ccccn3)cc2)CC1COc1ccc(/C=C/C(=O)OC)cc1. The van der Waals surface area contributed by atoms with Crippen molar-refractivity contribution < 1.29 is 42.9 Å². The van der Waals surface area contributed by atoms with Gasteiger partial charge in [0.2, 0.25) is 0 Å². The van der Waals surface area contributed by atoms with Gasteiger partial charge in [0.25, 0.3) is 0 Å². The lowest BCUT2D eigenvalue weighted by molar-refractivity contribution is -0.150. The van der Waals surface area contributed by atoms with Crippen molar-refractivity contribution in [3.8, 4) is 39.5 Å². The smallest absolute Gasteiger partial charge is 0.330 e. The predicted octanol–water partition coefficient (Wildman–Crippen LogP) is 22.6. The zero-order valence-electron chi connectivity index (χ0n) is 64.0. The summed E-state index contributed by atoms with van der Waals surface area (Å²) < 4.78 is 34.1. The van der Waals surface area contributed by atoms with Gasteiger partial charge in [0.1, 0.15) is 12.4 Å². The number of methoxy groups -OCH3 is 1. The van der Waals surface area contributed by atoms with E-state index in [0.717, 1.165) is 117 Å². The number of hydrogen-bond donors (Lipinski definition) is 0. The molecule has 0 aliphatic heterocycles. The van der Waals surface area contributed by atoms with E-state index in [1.165, 1.54) is 79.1 Å². The van der Waals surface area contributed by atoms with Crippen molar-refractivity contribution >= 4 is 73.6 Å². The second-order valence-electron chi connectivity index (χ2n) is 31.4. The van der Waals surface area contributed by atoms with Crippen LogP contribution in [0.3, 0.4) is 0 Å². The largest absolute Gasteiger partial charge is 0.493 e. The number of fused-ring (bicyclic) bond motifs is 9. The Hall–Kier alpha value is -11.1. The van der Waals surface area contributed by atoms with E-state index >= 15 is 0 Å². The average molecular weight is 1480 g/mol. The molecule has 0 spiro atoms. The fourth-order valence-electron chi connectivity index (χ4n) is 18.4. The van der Waals surface area contributed by atoms with Gasteiger partial charge in [-0.15, -0.1) is 13.2 Å². The van der Waals surface area contributed by atoms with Crippen molar-refractivity contribution in [1.29, 1.82) is 0 Å². The molecule has 11 aromatic rings. The number of ether oxygens (including phenoxy) is 5. The van der Waals surface area contributed by atoms with Crippen LogP contribution >= 0.6 is 0 Å². The molecule has 4 aliphatic rings. The fraction of sp³-hybridized carbons (Fsp3) is 0.323. The van der Waals surface area contributed by atoms with E-state index in [1.54, 1.807) is 12.3 Å². The summed E-state index contributed by atoms with van der Waals surface area (Å²) in [6.07, 6.45) is 31.7. The third-order valence-electron chi connectivity index (χ3n) is 24.3. The molecule has 0 bridgehead atoms. The summed E-state index contributed by atoms with van der Waals surface area (Å²) in [6.45, 7) is 12.4. The summed E-state index contributed by atoms with van der Waals surface area (Å²) in [5.41, 5.74) is 15.3. The highest BCUT2D eigenvalue weighted by atomic mass is 16.5. The number of para-hydroxylation sites is 4. The maximum atomic E-state index is 14.5. The lowest BCUT2D eigenvalue weighted by Gasteiger charge is -2.29. The number of carbonyl (C=O) groups is 4. The molecule has 9 unspecified atom stereocenters. The monoisotopic (exact) mass is 1480 g/mol. The summed E-state index contributed by atoms with van der Waals surface area (Å²) in [4.78, 5) is 57.5. The highest BCUT2D eigenvalue weighted by Crippen LogP contribution is 2.54. The maximum Gasteiger partial charge on any atom is 0.330 e. The van der Waals surface area contributed by atoms with E-state index in [2.05, 4.69) is 198 Å². The van der Waals surface area contributed by atoms with Gasteiger partial charge in [0, 0.05) is 62.6 Å². The highest BCUT2D eigenvalue weighted by Gasteiger charge is 2.43. The van der Waals surface area contributed by atoms with Crippen molar-refractivity contribution in [1.82, 2.24) is 14.1 Å². The van der Waals surface area contributed by atoms with Gasteiger partial charge in [-0.3, -0.25) is 19.4 Å². The molecular formula is C99H101N3O9. The highest BCUT2D eigenvalue weighted by molar-refractivity contribution is 6.10. The molecule has 0 N–H and O–H groups in total. The molecule has 566 valence electrons. The van der Waals surface area contributed by atoms with Crippen LogP contribution in [0, 0.1) is 53.3 Å². The number of benzene rings is 8. The van der Waals surface area contributed by atoms with Gasteiger partial charge in [-0.2, -0.15) is 0 Å². The number of rotatable bonds is 32. The first-order valence-electron chi connectivity index (χ1n) is 40.3. The number of esters is 4. The Labute approximate surface area is 652 Å². The minimum atomic E-state index is -0.423. The van der Waals surface area contributed by atoms with Crippen molar-refractivity contribution in [2.75, 3.05) is 26.9 Å². The topological polar surface area (TPSA) is 137 Å². The molecule has 8 aromatic carbocycles. The summed E-state index contributed by atoms with van der Waals surface area (Å²) in [7, 11) is 1.36. The number of nitrogens with zero attached hydrogens (tertiary/aromatic N) is 3. The van der Waals surface area contributed by atoms with Crippen LogP contribution in [0.5, 0.6) is 5.75 Å². The van der Waals surface area contributed by atoms with Gasteiger partial charge >= 0.3 is 23.9 Å². The van der Waals surface area contributed by atoms with Crippen LogP contribution < -0.4 is 4.74 Å². The number of hydrogen-bond acceptors (Lipinski definition) is 10. The van der Waals surface area contributed by atoms with Crippen LogP contribution in [-0.2, 0) is 50.1 Å². The summed E-state index contributed by atoms with van der Waals surface area (Å²) >= 11 is 0. The van der Waals surface area contributed by atoms with Crippen molar-refractivity contribution in [2.24, 2.45) is 53.3 Å². The standard InChI is InChI=1S/C99H101N3O9/c1-5-72-57-69(60-76(72)66-110-79-48-40-67(41-49-79)42-52-95(103)107-4)39-45-75-59-71(62-87(75)98(106)108-55-23-11-9-7-8-10-12-34-96(104)111-65-68-37-43-74(44-38-68)90-29-21-22-54-100-90)36-35-70-58-73(6-2)86(61-70)97(105)109-56-24-53-99(3)88-63-77(101-91-30-17-13-25-82(91)83-26-14-18-31-92(83)101)46-50-80(88)81-51-47-78(64-89(81)99)102-93-32-19-15-27-84(93)85-28-16-20-33-94(85)102/h5-6,13-22,25-33,35-52,54,63-64,69-73,75-76,86-87H,1-2,7-12,23-24,34,53,55-62,65-66H2,3-4H3/b36-35-,45-39-,52-42+. The molecule has 3 aromatic heterocycles. The van der Waals surface area contributed by atoms with Crippen molar-refractivity contribution in [3.63, 3.8) is 0 Å². The Morgan fingerprint density at radius 2 is 1.01 bits per heavy atom. The van der Waals surface area contributed by atoms with Crippen molar-refractivity contribution in [3.05, 3.63) is 284 Å². The van der Waals surface area contributed by atoms with Gasteiger partial charge in [-0.25, -0.2) is 4.79 Å². The Kier molecular flexibility index (Phi) is 23.6. The van der Waals surface area contributed by atoms with E-state index in [0.29, 0.717) is 51.4 Å². The third-order valence-corrected chi connectivity index (χ3v) is 24.3. The molecule has 3 saturated carbocycles. The van der Waals surface area contributed by atoms with Crippen LogP contribution in [0.15, 0.2) is 262 Å². The number of pyridine rings is 1. The number of allylic oxidation sites excluding steroid dienone is 6. The Balaban J connectivity index is 0.574. The van der Waals surface area contributed by atoms with Gasteiger partial charge in [-0.05, 0) is 218 Å². The van der Waals surface area contributed by atoms with E-state index in [4.69, 9.17) is 23.7 Å². The van der Waals surface area contributed by atoms with E-state index in [1.807, 2.05) is 72.8 Å². The van der Waals surface area contributed by atoms with E-state index in [9.17, 15) is 19.2 Å². The summed E-state index contributed by atoms with van der Waals surface area (Å²) in [6, 6.07) is 70.3. The first kappa shape index (κ1) is 75.3. The number of unbranched alkanes of at least 4 members (excludes halogenated alkanes) is 6. The number of carbonyl (C=O) groups excluding carboxylic acids is 4. The molecule has 12 nitrogen and oxygen atoms in total. The molecular weight excluding hydrogens is 1380 g/mol. The third kappa shape index (κ3) is 16.8. The Bertz CT molecular complexity index is 4980. The lowest BCUT2D eigenvalue weighted by atomic mass is 9.76. The Morgan fingerprint density at radius 1 is 0.505 bits per heavy atom. The van der Waals surface area contributed by atoms with Crippen LogP contribution in [0.2, 0.25) is 0 Å². The average Bonchev–Trinajstić information content (AvgIpc) is 1.55. The zero-order valence-corrected chi connectivity index (χ0v) is 64.0. The first-order chi connectivity index (χ1) is 54.4. The minimum Gasteiger partial charge on any atom is -0.493 e. The first-order valence-corrected chi connectivity index (χ1v) is 40.3. The molecule has 3 heterocycles. The van der Waals surface area contributed by atoms with Crippen LogP contribution in [0.25, 0.3) is 83.4 Å². The lowest BCUT2D eigenvalue weighted by Crippen LogP contribution is -2.24. The van der Waals surface area contributed by atoms with Gasteiger partial charge in [0.15, 0.2) is 0 Å². The molecule has 0 radical (unpaired) electrons. The molecule has 0 amide bonds. The second-order valence-corrected chi connectivity index (χ2v) is 31.4. The maximum absolute atomic E-state index is 14.5. The molecule has 3 fully saturated rings. The van der Waals surface area contributed by atoms with Gasteiger partial charge < -0.3 is 32.8 Å². The fourth-order valence-corrected chi connectivity index (χ4v) is 18.4. The summed E-state index contributed by atoms with van der Waals surface area (Å²) in [5.74, 6) is 0.541. The molecule has 111 heavy (non-hydrogen) atoms. The molecule has 15 rings (SSSR count). The van der Waals surface area contributed by atoms with Gasteiger partial charge in [-0.1, -0.05) is 203 Å². The quantitative estimate of drug-likeness (QED) is 0.0132. The molecule has 9 atom stereocenters.